The van der Waals surface area contributed by atoms with Crippen LogP contribution in [0, 0.1) is 0 Å². The minimum absolute atomic E-state index is 0.442. The Labute approximate surface area is 169 Å². The van der Waals surface area contributed by atoms with E-state index in [2.05, 4.69) is 6.92 Å². The van der Waals surface area contributed by atoms with Crippen LogP contribution in [0.3, 0.4) is 0 Å². The second kappa shape index (κ2) is 21.2. The van der Waals surface area contributed by atoms with Crippen molar-refractivity contribution in [3.05, 3.63) is 0 Å². The van der Waals surface area contributed by atoms with Crippen molar-refractivity contribution in [3.63, 3.8) is 0 Å². The summed E-state index contributed by atoms with van der Waals surface area (Å²) in [5.74, 6) is -1.46. The number of carboxylic acid groups (broad SMARTS) is 1. The number of halogens is 2. The summed E-state index contributed by atoms with van der Waals surface area (Å²) in [7, 11) is 2.03. The zero-order valence-corrected chi connectivity index (χ0v) is 18.0. The van der Waals surface area contributed by atoms with Gasteiger partial charge in [-0.15, -0.1) is 0 Å². The molecule has 0 aromatic heterocycles. The first-order chi connectivity index (χ1) is 12.3. The van der Waals surface area contributed by atoms with E-state index in [1.54, 1.807) is 0 Å². The van der Waals surface area contributed by atoms with Crippen molar-refractivity contribution in [1.29, 1.82) is 0 Å². The average Bonchev–Trinajstić information content (AvgIpc) is 2.55. The molecule has 0 radical (unpaired) electrons. The van der Waals surface area contributed by atoms with Crippen LogP contribution < -0.4 is 10.0 Å². The van der Waals surface area contributed by atoms with E-state index in [9.17, 15) is 9.90 Å². The van der Waals surface area contributed by atoms with E-state index < -0.39 is 17.1 Å². The molecule has 0 spiro atoms. The molecule has 1 unspecified atom stereocenters. The lowest BCUT2D eigenvalue weighted by molar-refractivity contribution is -0.886. The monoisotopic (exact) mass is 415 g/mol. The fourth-order valence-electron chi connectivity index (χ4n) is 2.68. The first-order valence-corrected chi connectivity index (χ1v) is 10.8. The van der Waals surface area contributed by atoms with Gasteiger partial charge in [0.2, 0.25) is 6.29 Å². The Morgan fingerprint density at radius 3 is 1.54 bits per heavy atom. The quantitative estimate of drug-likeness (QED) is 0.204. The molecule has 0 aliphatic carbocycles. The number of hydrogen-bond acceptors (Lipinski definition) is 4. The number of aliphatic carboxylic acids is 1. The van der Waals surface area contributed by atoms with Crippen LogP contribution in [0.15, 0.2) is 0 Å². The predicted molar refractivity (Wildman–Crippen MR) is 106 cm³/mol. The largest absolute Gasteiger partial charge is 0.547 e. The number of aliphatic hydroxyl groups excluding tert-OH is 1. The standard InChI is InChI=1S/C17H37NO2.C2H2Cl2O2/c1-3-4-5-6-7-8-9-10-11-12-13-14-15-18(2)16-17(19)20;3-1(4)2(5)6/h17,19-20H,3-16H2,1-2H3;1H,(H,5,6). The van der Waals surface area contributed by atoms with Crippen molar-refractivity contribution in [3.8, 4) is 0 Å². The number of likely N-dealkylation sites (N-methyl/N-ethyl adjacent to an activating group) is 1. The molecule has 0 saturated carbocycles. The topological polar surface area (TPSA) is 85.0 Å². The van der Waals surface area contributed by atoms with Crippen molar-refractivity contribution in [1.82, 2.24) is 0 Å². The van der Waals surface area contributed by atoms with Gasteiger partial charge in [-0.1, -0.05) is 94.3 Å². The van der Waals surface area contributed by atoms with Gasteiger partial charge in [-0.2, -0.15) is 0 Å². The molecule has 5 nitrogen and oxygen atoms in total. The SMILES string of the molecule is CCCCCCCCCCCCCC[NH+](C)CC(O)O.O=C([O-])C(Cl)Cl. The number of rotatable bonds is 16. The number of unbranched alkanes of at least 4 members (excludes halogenated alkanes) is 11. The van der Waals surface area contributed by atoms with Gasteiger partial charge in [-0.3, -0.25) is 0 Å². The highest BCUT2D eigenvalue weighted by Crippen LogP contribution is 2.11. The number of hydrogen-bond donors (Lipinski definition) is 3. The van der Waals surface area contributed by atoms with Gasteiger partial charge in [-0.05, 0) is 12.8 Å². The first kappa shape index (κ1) is 28.1. The summed E-state index contributed by atoms with van der Waals surface area (Å²) in [5.41, 5.74) is 0. The summed E-state index contributed by atoms with van der Waals surface area (Å²) in [5, 5.41) is 27.0. The highest BCUT2D eigenvalue weighted by molar-refractivity contribution is 6.52. The number of carbonyl (C=O) groups is 1. The first-order valence-electron chi connectivity index (χ1n) is 9.97. The van der Waals surface area contributed by atoms with Crippen molar-refractivity contribution in [2.24, 2.45) is 0 Å². The van der Waals surface area contributed by atoms with E-state index in [1.165, 1.54) is 81.9 Å². The third-order valence-electron chi connectivity index (χ3n) is 4.17. The van der Waals surface area contributed by atoms with Gasteiger partial charge in [0.05, 0.1) is 19.6 Å². The fraction of sp³-hybridized carbons (Fsp3) is 0.947. The van der Waals surface area contributed by atoms with E-state index in [4.69, 9.17) is 33.4 Å². The summed E-state index contributed by atoms with van der Waals surface area (Å²) < 4.78 is 0. The summed E-state index contributed by atoms with van der Waals surface area (Å²) in [6, 6.07) is 0. The van der Waals surface area contributed by atoms with Crippen LogP contribution in [0.2, 0.25) is 0 Å². The smallest absolute Gasteiger partial charge is 0.202 e. The zero-order chi connectivity index (χ0) is 20.2. The molecule has 0 amide bonds. The second-order valence-electron chi connectivity index (χ2n) is 6.90. The van der Waals surface area contributed by atoms with E-state index in [-0.39, 0.29) is 0 Å². The molecule has 0 aromatic carbocycles. The van der Waals surface area contributed by atoms with Crippen LogP contribution in [-0.4, -0.2) is 47.4 Å². The van der Waals surface area contributed by atoms with Gasteiger partial charge in [0, 0.05) is 0 Å². The lowest BCUT2D eigenvalue weighted by Crippen LogP contribution is -3.10. The Morgan fingerprint density at radius 2 is 1.23 bits per heavy atom. The normalized spacial score (nSPS) is 12.2. The van der Waals surface area contributed by atoms with Gasteiger partial charge in [0.1, 0.15) is 11.4 Å². The van der Waals surface area contributed by atoms with Gasteiger partial charge >= 0.3 is 0 Å². The van der Waals surface area contributed by atoms with Crippen LogP contribution >= 0.6 is 23.2 Å². The Kier molecular flexibility index (Phi) is 23.0. The van der Waals surface area contributed by atoms with Crippen LogP contribution in [-0.2, 0) is 4.79 Å². The second-order valence-corrected chi connectivity index (χ2v) is 8.00. The lowest BCUT2D eigenvalue weighted by Gasteiger charge is -2.14. The number of quaternary nitrogens is 1. The third-order valence-corrected chi connectivity index (χ3v) is 4.52. The molecule has 26 heavy (non-hydrogen) atoms. The van der Waals surface area contributed by atoms with Gasteiger partial charge in [-0.25, -0.2) is 0 Å². The molecular weight excluding hydrogens is 377 g/mol. The molecule has 7 heteroatoms. The van der Waals surface area contributed by atoms with Crippen molar-refractivity contribution in [2.75, 3.05) is 20.1 Å². The Bertz CT molecular complexity index is 305. The molecule has 0 saturated heterocycles. The van der Waals surface area contributed by atoms with Crippen molar-refractivity contribution >= 4 is 29.2 Å². The molecule has 0 bridgehead atoms. The zero-order valence-electron chi connectivity index (χ0n) is 16.5. The fourth-order valence-corrected chi connectivity index (χ4v) is 2.68. The summed E-state index contributed by atoms with van der Waals surface area (Å²) in [6.07, 6.45) is 15.3. The molecule has 0 aliphatic rings. The minimum Gasteiger partial charge on any atom is -0.547 e. The summed E-state index contributed by atoms with van der Waals surface area (Å²) in [6.45, 7) is 3.76. The Morgan fingerprint density at radius 1 is 0.885 bits per heavy atom. The highest BCUT2D eigenvalue weighted by atomic mass is 35.5. The molecule has 1 atom stereocenters. The third kappa shape index (κ3) is 26.2. The molecule has 3 N–H and O–H groups in total. The molecule has 0 fully saturated rings. The number of aliphatic hydroxyl groups is 2. The lowest BCUT2D eigenvalue weighted by atomic mass is 10.1. The molecule has 0 heterocycles. The average molecular weight is 416 g/mol. The molecule has 158 valence electrons. The van der Waals surface area contributed by atoms with Gasteiger partial charge < -0.3 is 25.0 Å². The molecule has 0 aliphatic heterocycles. The number of carboxylic acids is 1. The summed E-state index contributed by atoms with van der Waals surface area (Å²) in [4.78, 5) is 9.14. The highest BCUT2D eigenvalue weighted by Gasteiger charge is 2.06. The van der Waals surface area contributed by atoms with Crippen LogP contribution in [0.1, 0.15) is 84.0 Å². The Hall–Kier alpha value is -0.0700. The van der Waals surface area contributed by atoms with Crippen molar-refractivity contribution in [2.45, 2.75) is 95.1 Å². The van der Waals surface area contributed by atoms with E-state index in [0.29, 0.717) is 6.54 Å². The minimum atomic E-state index is -1.46. The number of nitrogens with one attached hydrogen (secondary N) is 1. The van der Waals surface area contributed by atoms with Gasteiger partial charge in [0.25, 0.3) is 0 Å². The van der Waals surface area contributed by atoms with Gasteiger partial charge in [0.15, 0.2) is 0 Å². The Balaban J connectivity index is 0. The maximum atomic E-state index is 9.32. The van der Waals surface area contributed by atoms with Crippen molar-refractivity contribution < 1.29 is 25.0 Å². The van der Waals surface area contributed by atoms with E-state index >= 15 is 0 Å². The van der Waals surface area contributed by atoms with Crippen LogP contribution in [0.5, 0.6) is 0 Å². The number of alkyl halides is 2. The van der Waals surface area contributed by atoms with E-state index in [0.717, 1.165) is 6.54 Å². The summed E-state index contributed by atoms with van der Waals surface area (Å²) >= 11 is 9.43. The molecule has 0 rings (SSSR count). The maximum Gasteiger partial charge on any atom is 0.202 e. The van der Waals surface area contributed by atoms with Crippen LogP contribution in [0.4, 0.5) is 0 Å². The predicted octanol–water partition coefficient (Wildman–Crippen LogP) is 2.05. The maximum absolute atomic E-state index is 9.32. The van der Waals surface area contributed by atoms with Crippen LogP contribution in [0.25, 0.3) is 0 Å². The molecule has 0 aromatic rings. The molecular formula is C19H39Cl2NO4. The van der Waals surface area contributed by atoms with E-state index in [1.807, 2.05) is 7.05 Å². The number of carbonyl (C=O) groups excluding carboxylic acids is 1.